The third-order valence-corrected chi connectivity index (χ3v) is 5.42. The fourth-order valence-electron chi connectivity index (χ4n) is 3.23. The molecular weight excluding hydrogens is 312 g/mol. The molecule has 1 aliphatic heterocycles. The fraction of sp³-hybridized carbons (Fsp3) is 0.500. The van der Waals surface area contributed by atoms with Gasteiger partial charge in [-0.05, 0) is 25.0 Å². The van der Waals surface area contributed by atoms with E-state index < -0.39 is 9.84 Å². The molecule has 1 atom stereocenters. The zero-order valence-corrected chi connectivity index (χ0v) is 14.3. The topological polar surface area (TPSA) is 68.1 Å². The molecule has 23 heavy (non-hydrogen) atoms. The molecule has 0 radical (unpaired) electrons. The second kappa shape index (κ2) is 6.31. The van der Waals surface area contributed by atoms with Crippen molar-refractivity contribution in [2.45, 2.75) is 37.1 Å². The molecule has 3 heterocycles. The molecule has 7 heteroatoms. The summed E-state index contributed by atoms with van der Waals surface area (Å²) in [7, 11) is -3.29. The number of sulfone groups is 1. The van der Waals surface area contributed by atoms with Crippen LogP contribution < -0.4 is 4.90 Å². The van der Waals surface area contributed by atoms with E-state index in [1.54, 1.807) is 18.3 Å². The zero-order valence-electron chi connectivity index (χ0n) is 13.5. The summed E-state index contributed by atoms with van der Waals surface area (Å²) in [6.45, 7) is 3.68. The maximum Gasteiger partial charge on any atom is 0.179 e. The van der Waals surface area contributed by atoms with Crippen LogP contribution >= 0.6 is 0 Å². The molecule has 3 rings (SSSR count). The lowest BCUT2D eigenvalue weighted by molar-refractivity contribution is 0.393. The molecule has 0 N–H and O–H groups in total. The Bertz CT molecular complexity index is 785. The molecule has 0 aliphatic carbocycles. The number of nitrogens with zero attached hydrogens (tertiary/aromatic N) is 4. The van der Waals surface area contributed by atoms with Gasteiger partial charge in [0.05, 0.1) is 6.04 Å². The lowest BCUT2D eigenvalue weighted by atomic mass is 10.1. The van der Waals surface area contributed by atoms with Crippen molar-refractivity contribution in [2.24, 2.45) is 0 Å². The number of rotatable bonds is 4. The Balaban J connectivity index is 1.91. The third-order valence-electron chi connectivity index (χ3n) is 4.30. The highest BCUT2D eigenvalue weighted by atomic mass is 32.2. The summed E-state index contributed by atoms with van der Waals surface area (Å²) in [6.07, 6.45) is 9.71. The van der Waals surface area contributed by atoms with Gasteiger partial charge in [-0.1, -0.05) is 6.92 Å². The average Bonchev–Trinajstić information content (AvgIpc) is 3.03. The van der Waals surface area contributed by atoms with Gasteiger partial charge >= 0.3 is 0 Å². The van der Waals surface area contributed by atoms with Gasteiger partial charge in [-0.3, -0.25) is 0 Å². The minimum absolute atomic E-state index is 0.301. The number of pyridine rings is 1. The molecule has 1 fully saturated rings. The summed E-state index contributed by atoms with van der Waals surface area (Å²) < 4.78 is 26.3. The number of imidazole rings is 1. The maximum atomic E-state index is 12.0. The quantitative estimate of drug-likeness (QED) is 0.856. The van der Waals surface area contributed by atoms with Gasteiger partial charge in [0, 0.05) is 44.4 Å². The number of hydrogen-bond acceptors (Lipinski definition) is 5. The number of hydrogen-bond donors (Lipinski definition) is 0. The van der Waals surface area contributed by atoms with Crippen LogP contribution in [-0.4, -0.2) is 42.3 Å². The van der Waals surface area contributed by atoms with E-state index in [4.69, 9.17) is 0 Å². The summed E-state index contributed by atoms with van der Waals surface area (Å²) in [5.74, 6) is 1.64. The highest BCUT2D eigenvalue weighted by Gasteiger charge is 2.26. The molecule has 1 aliphatic rings. The summed E-state index contributed by atoms with van der Waals surface area (Å²) in [4.78, 5) is 11.1. The Kier molecular flexibility index (Phi) is 4.39. The maximum absolute atomic E-state index is 12.0. The van der Waals surface area contributed by atoms with Gasteiger partial charge in [0.2, 0.25) is 0 Å². The van der Waals surface area contributed by atoms with Crippen LogP contribution in [0.1, 0.15) is 31.6 Å². The summed E-state index contributed by atoms with van der Waals surface area (Å²) in [5, 5.41) is 0. The second-order valence-electron chi connectivity index (χ2n) is 5.94. The van der Waals surface area contributed by atoms with Crippen LogP contribution in [0.2, 0.25) is 0 Å². The predicted octanol–water partition coefficient (Wildman–Crippen LogP) is 2.09. The normalized spacial score (nSPS) is 19.0. The van der Waals surface area contributed by atoms with E-state index in [-0.39, 0.29) is 0 Å². The Morgan fingerprint density at radius 1 is 1.30 bits per heavy atom. The molecule has 2 aromatic heterocycles. The van der Waals surface area contributed by atoms with Gasteiger partial charge in [0.15, 0.2) is 9.84 Å². The first-order chi connectivity index (χ1) is 11.0. The van der Waals surface area contributed by atoms with Gasteiger partial charge in [0.1, 0.15) is 16.5 Å². The van der Waals surface area contributed by atoms with E-state index in [0.717, 1.165) is 38.2 Å². The standard InChI is InChI=1S/C16H22N4O2S/c1-3-15-17-9-11-20(15)13-6-5-10-19(12-13)16-14(23(2,21)22)7-4-8-18-16/h4,7-9,11,13H,3,5-6,10,12H2,1-2H3. The van der Waals surface area contributed by atoms with E-state index in [9.17, 15) is 8.42 Å². The Morgan fingerprint density at radius 2 is 2.13 bits per heavy atom. The molecule has 0 aromatic carbocycles. The van der Waals surface area contributed by atoms with E-state index in [2.05, 4.69) is 26.4 Å². The van der Waals surface area contributed by atoms with Crippen molar-refractivity contribution in [2.75, 3.05) is 24.2 Å². The number of aryl methyl sites for hydroxylation is 1. The van der Waals surface area contributed by atoms with Crippen LogP contribution in [0, 0.1) is 0 Å². The summed E-state index contributed by atoms with van der Waals surface area (Å²) in [6, 6.07) is 3.61. The summed E-state index contributed by atoms with van der Waals surface area (Å²) >= 11 is 0. The smallest absolute Gasteiger partial charge is 0.179 e. The number of aromatic nitrogens is 3. The molecule has 0 saturated carbocycles. The van der Waals surface area contributed by atoms with Crippen molar-refractivity contribution < 1.29 is 8.42 Å². The van der Waals surface area contributed by atoms with Crippen LogP contribution in [0.5, 0.6) is 0 Å². The lowest BCUT2D eigenvalue weighted by Gasteiger charge is -2.35. The minimum Gasteiger partial charge on any atom is -0.353 e. The van der Waals surface area contributed by atoms with E-state index in [1.807, 2.05) is 12.4 Å². The van der Waals surface area contributed by atoms with Crippen LogP contribution in [0.25, 0.3) is 0 Å². The zero-order chi connectivity index (χ0) is 16.4. The Labute approximate surface area is 137 Å². The minimum atomic E-state index is -3.29. The van der Waals surface area contributed by atoms with Crippen molar-refractivity contribution in [3.8, 4) is 0 Å². The van der Waals surface area contributed by atoms with Crippen LogP contribution in [0.3, 0.4) is 0 Å². The van der Waals surface area contributed by atoms with E-state index in [1.165, 1.54) is 6.26 Å². The molecule has 2 aromatic rings. The monoisotopic (exact) mass is 334 g/mol. The van der Waals surface area contributed by atoms with Crippen LogP contribution in [-0.2, 0) is 16.3 Å². The molecule has 6 nitrogen and oxygen atoms in total. The Morgan fingerprint density at radius 3 is 2.87 bits per heavy atom. The van der Waals surface area contributed by atoms with Crippen LogP contribution in [0.15, 0.2) is 35.6 Å². The highest BCUT2D eigenvalue weighted by molar-refractivity contribution is 7.90. The van der Waals surface area contributed by atoms with Gasteiger partial charge in [0.25, 0.3) is 0 Å². The van der Waals surface area contributed by atoms with Gasteiger partial charge in [-0.2, -0.15) is 0 Å². The molecule has 0 spiro atoms. The van der Waals surface area contributed by atoms with Crippen molar-refractivity contribution in [1.82, 2.24) is 14.5 Å². The molecule has 1 saturated heterocycles. The predicted molar refractivity (Wildman–Crippen MR) is 89.4 cm³/mol. The van der Waals surface area contributed by atoms with Crippen molar-refractivity contribution >= 4 is 15.7 Å². The van der Waals surface area contributed by atoms with Crippen molar-refractivity contribution in [3.05, 3.63) is 36.5 Å². The number of anilines is 1. The van der Waals surface area contributed by atoms with Crippen molar-refractivity contribution in [3.63, 3.8) is 0 Å². The molecule has 1 unspecified atom stereocenters. The first kappa shape index (κ1) is 16.0. The van der Waals surface area contributed by atoms with E-state index in [0.29, 0.717) is 16.8 Å². The number of piperidine rings is 1. The SMILES string of the molecule is CCc1nccn1C1CCCN(c2ncccc2S(C)(=O)=O)C1. The van der Waals surface area contributed by atoms with Gasteiger partial charge < -0.3 is 9.47 Å². The molecular formula is C16H22N4O2S. The fourth-order valence-corrected chi connectivity index (χ4v) is 4.07. The van der Waals surface area contributed by atoms with Gasteiger partial charge in [-0.15, -0.1) is 0 Å². The largest absolute Gasteiger partial charge is 0.353 e. The highest BCUT2D eigenvalue weighted by Crippen LogP contribution is 2.29. The third kappa shape index (κ3) is 3.24. The Hall–Kier alpha value is -1.89. The molecule has 124 valence electrons. The first-order valence-electron chi connectivity index (χ1n) is 7.92. The van der Waals surface area contributed by atoms with Crippen molar-refractivity contribution in [1.29, 1.82) is 0 Å². The second-order valence-corrected chi connectivity index (χ2v) is 7.93. The molecule has 0 bridgehead atoms. The van der Waals surface area contributed by atoms with Gasteiger partial charge in [-0.25, -0.2) is 18.4 Å². The van der Waals surface area contributed by atoms with Crippen LogP contribution in [0.4, 0.5) is 5.82 Å². The average molecular weight is 334 g/mol. The summed E-state index contributed by atoms with van der Waals surface area (Å²) in [5.41, 5.74) is 0. The lowest BCUT2D eigenvalue weighted by Crippen LogP contribution is -2.38. The first-order valence-corrected chi connectivity index (χ1v) is 9.81. The molecule has 0 amide bonds. The van der Waals surface area contributed by atoms with E-state index >= 15 is 0 Å².